The van der Waals surface area contributed by atoms with E-state index in [0.29, 0.717) is 24.3 Å². The van der Waals surface area contributed by atoms with Gasteiger partial charge in [-0.3, -0.25) is 14.9 Å². The minimum absolute atomic E-state index is 0.0553. The van der Waals surface area contributed by atoms with Gasteiger partial charge in [0.2, 0.25) is 6.04 Å². The van der Waals surface area contributed by atoms with Gasteiger partial charge in [-0.15, -0.1) is 13.2 Å². The number of benzene rings is 2. The Labute approximate surface area is 178 Å². The lowest BCUT2D eigenvalue weighted by Crippen LogP contribution is -2.23. The highest BCUT2D eigenvalue weighted by Gasteiger charge is 2.22. The predicted octanol–water partition coefficient (Wildman–Crippen LogP) is 4.98. The highest BCUT2D eigenvalue weighted by Crippen LogP contribution is 2.28. The molecule has 0 saturated heterocycles. The first-order valence-corrected chi connectivity index (χ1v) is 9.84. The molecule has 1 unspecified atom stereocenters. The average molecular weight is 414 g/mol. The lowest BCUT2D eigenvalue weighted by Gasteiger charge is -2.12. The maximum Gasteiger partial charge on any atom is 0.217 e. The summed E-state index contributed by atoms with van der Waals surface area (Å²) >= 11 is 0. The number of methoxy groups -OCH3 is 2. The van der Waals surface area contributed by atoms with E-state index in [1.165, 1.54) is 12.7 Å². The molecule has 0 heterocycles. The first-order chi connectivity index (χ1) is 14.4. The molecule has 2 rings (SSSR count). The fraction of sp³-hybridized carbons (Fsp3) is 0.375. The SMILES string of the molecule is C=C.COc1ccc(CC(CCC(=O)CCc2ccc(C)cc2)[N+](=O)[O-])cc1OC. The largest absolute Gasteiger partial charge is 0.493 e. The van der Waals surface area contributed by atoms with Gasteiger partial charge in [-0.1, -0.05) is 35.9 Å². The van der Waals surface area contributed by atoms with Crippen LogP contribution in [0.4, 0.5) is 0 Å². The number of Topliss-reactive ketones (excluding diaryl/α,β-unsaturated/α-hetero) is 1. The van der Waals surface area contributed by atoms with Crippen molar-refractivity contribution in [2.45, 2.75) is 45.1 Å². The van der Waals surface area contributed by atoms with E-state index >= 15 is 0 Å². The zero-order chi connectivity index (χ0) is 22.5. The van der Waals surface area contributed by atoms with Crippen LogP contribution in [0.2, 0.25) is 0 Å². The van der Waals surface area contributed by atoms with Crippen LogP contribution in [0.1, 0.15) is 36.0 Å². The fourth-order valence-corrected chi connectivity index (χ4v) is 3.05. The molecular weight excluding hydrogens is 382 g/mol. The van der Waals surface area contributed by atoms with Gasteiger partial charge >= 0.3 is 0 Å². The van der Waals surface area contributed by atoms with Gasteiger partial charge in [0.25, 0.3) is 0 Å². The fourth-order valence-electron chi connectivity index (χ4n) is 3.05. The van der Waals surface area contributed by atoms with Gasteiger partial charge < -0.3 is 9.47 Å². The van der Waals surface area contributed by atoms with Crippen LogP contribution in [-0.2, 0) is 17.6 Å². The van der Waals surface area contributed by atoms with Crippen LogP contribution in [0.5, 0.6) is 11.5 Å². The van der Waals surface area contributed by atoms with E-state index in [1.54, 1.807) is 25.3 Å². The van der Waals surface area contributed by atoms with E-state index in [1.807, 2.05) is 31.2 Å². The monoisotopic (exact) mass is 413 g/mol. The molecule has 2 aromatic rings. The molecular formula is C24H31NO5. The topological polar surface area (TPSA) is 78.7 Å². The molecule has 1 atom stereocenters. The number of nitro groups is 1. The van der Waals surface area contributed by atoms with E-state index in [0.717, 1.165) is 11.1 Å². The normalized spacial score (nSPS) is 11.0. The quantitative estimate of drug-likeness (QED) is 0.295. The molecule has 0 bridgehead atoms. The number of aryl methyl sites for hydroxylation is 2. The molecule has 6 nitrogen and oxygen atoms in total. The van der Waals surface area contributed by atoms with Crippen LogP contribution < -0.4 is 9.47 Å². The molecule has 0 aromatic heterocycles. The highest BCUT2D eigenvalue weighted by atomic mass is 16.6. The van der Waals surface area contributed by atoms with Crippen molar-refractivity contribution in [1.82, 2.24) is 0 Å². The van der Waals surface area contributed by atoms with Gasteiger partial charge in [0.05, 0.1) is 14.2 Å². The Kier molecular flexibility index (Phi) is 10.9. The van der Waals surface area contributed by atoms with Crippen molar-refractivity contribution in [3.63, 3.8) is 0 Å². The van der Waals surface area contributed by atoms with Crippen molar-refractivity contribution < 1.29 is 19.2 Å². The third kappa shape index (κ3) is 8.07. The van der Waals surface area contributed by atoms with Gasteiger partial charge in [-0.25, -0.2) is 0 Å². The number of hydrogen-bond acceptors (Lipinski definition) is 5. The first-order valence-electron chi connectivity index (χ1n) is 9.84. The molecule has 0 N–H and O–H groups in total. The number of hydrogen-bond donors (Lipinski definition) is 0. The van der Waals surface area contributed by atoms with Gasteiger partial charge in [0, 0.05) is 30.6 Å². The number of ketones is 1. The second kappa shape index (κ2) is 13.1. The molecule has 162 valence electrons. The summed E-state index contributed by atoms with van der Waals surface area (Å²) in [6.07, 6.45) is 1.76. The van der Waals surface area contributed by atoms with Crippen LogP contribution in [-0.4, -0.2) is 31.0 Å². The molecule has 0 amide bonds. The molecule has 0 aliphatic heterocycles. The Bertz CT molecular complexity index is 817. The summed E-state index contributed by atoms with van der Waals surface area (Å²) in [6.45, 7) is 8.02. The zero-order valence-electron chi connectivity index (χ0n) is 18.1. The molecule has 0 fully saturated rings. The van der Waals surface area contributed by atoms with E-state index in [-0.39, 0.29) is 30.0 Å². The van der Waals surface area contributed by atoms with Crippen molar-refractivity contribution in [2.75, 3.05) is 14.2 Å². The minimum Gasteiger partial charge on any atom is -0.493 e. The Hall–Kier alpha value is -3.15. The molecule has 6 heteroatoms. The minimum atomic E-state index is -0.804. The Morgan fingerprint density at radius 1 is 1.00 bits per heavy atom. The van der Waals surface area contributed by atoms with Crippen LogP contribution in [0, 0.1) is 17.0 Å². The second-order valence-corrected chi connectivity index (χ2v) is 6.90. The zero-order valence-corrected chi connectivity index (χ0v) is 18.1. The summed E-state index contributed by atoms with van der Waals surface area (Å²) in [5.74, 6) is 1.17. The molecule has 30 heavy (non-hydrogen) atoms. The predicted molar refractivity (Wildman–Crippen MR) is 119 cm³/mol. The Balaban J connectivity index is 0.00000218. The maximum atomic E-state index is 12.2. The van der Waals surface area contributed by atoms with Crippen molar-refractivity contribution in [2.24, 2.45) is 0 Å². The Morgan fingerprint density at radius 3 is 2.17 bits per heavy atom. The summed E-state index contributed by atoms with van der Waals surface area (Å²) in [7, 11) is 3.07. The molecule has 0 spiro atoms. The first kappa shape index (κ1) is 24.9. The van der Waals surface area contributed by atoms with E-state index < -0.39 is 6.04 Å². The lowest BCUT2D eigenvalue weighted by atomic mass is 9.98. The van der Waals surface area contributed by atoms with Crippen LogP contribution >= 0.6 is 0 Å². The van der Waals surface area contributed by atoms with Crippen LogP contribution in [0.3, 0.4) is 0 Å². The van der Waals surface area contributed by atoms with Crippen molar-refractivity contribution in [3.05, 3.63) is 82.4 Å². The van der Waals surface area contributed by atoms with Gasteiger partial charge in [0.1, 0.15) is 5.78 Å². The van der Waals surface area contributed by atoms with Crippen molar-refractivity contribution in [3.8, 4) is 11.5 Å². The number of ether oxygens (including phenoxy) is 2. The van der Waals surface area contributed by atoms with E-state index in [9.17, 15) is 14.9 Å². The molecule has 0 aliphatic rings. The number of rotatable bonds is 11. The van der Waals surface area contributed by atoms with Gasteiger partial charge in [-0.05, 0) is 36.6 Å². The summed E-state index contributed by atoms with van der Waals surface area (Å²) < 4.78 is 10.4. The van der Waals surface area contributed by atoms with E-state index in [4.69, 9.17) is 9.47 Å². The van der Waals surface area contributed by atoms with Crippen molar-refractivity contribution in [1.29, 1.82) is 0 Å². The Morgan fingerprint density at radius 2 is 1.60 bits per heavy atom. The standard InChI is InChI=1S/C22H27NO5.C2H4/c1-16-4-6-17(7-5-16)8-11-20(24)12-10-19(23(25)26)14-18-9-13-21(27-2)22(15-18)28-3;1-2/h4-7,9,13,15,19H,8,10-12,14H2,1-3H3;1-2H2. The third-order valence-electron chi connectivity index (χ3n) is 4.79. The van der Waals surface area contributed by atoms with Crippen molar-refractivity contribution >= 4 is 5.78 Å². The molecule has 2 aromatic carbocycles. The molecule has 0 radical (unpaired) electrons. The van der Waals surface area contributed by atoms with Gasteiger partial charge in [-0.2, -0.15) is 0 Å². The summed E-state index contributed by atoms with van der Waals surface area (Å²) in [5.41, 5.74) is 3.07. The van der Waals surface area contributed by atoms with E-state index in [2.05, 4.69) is 13.2 Å². The molecule has 0 saturated carbocycles. The number of carbonyl (C=O) groups excluding carboxylic acids is 1. The third-order valence-corrected chi connectivity index (χ3v) is 4.79. The highest BCUT2D eigenvalue weighted by molar-refractivity contribution is 5.78. The number of carbonyl (C=O) groups is 1. The van der Waals surface area contributed by atoms with Crippen LogP contribution in [0.25, 0.3) is 0 Å². The second-order valence-electron chi connectivity index (χ2n) is 6.90. The lowest BCUT2D eigenvalue weighted by molar-refractivity contribution is -0.522. The van der Waals surface area contributed by atoms with Gasteiger partial charge in [0.15, 0.2) is 11.5 Å². The summed E-state index contributed by atoms with van der Waals surface area (Å²) in [4.78, 5) is 23.3. The summed E-state index contributed by atoms with van der Waals surface area (Å²) in [5, 5.41) is 11.4. The summed E-state index contributed by atoms with van der Waals surface area (Å²) in [6, 6.07) is 12.5. The average Bonchev–Trinajstić information content (AvgIpc) is 2.77. The van der Waals surface area contributed by atoms with Crippen LogP contribution in [0.15, 0.2) is 55.6 Å². The smallest absolute Gasteiger partial charge is 0.217 e. The molecule has 0 aliphatic carbocycles. The maximum absolute atomic E-state index is 12.2. The number of nitrogens with zero attached hydrogens (tertiary/aromatic N) is 1.